The standard InChI is InChI=1S/C16H23ClO3/c1-10-5-14(6-11(2)15(10)3-4-18)20-9-12-7-13(17)8-16(12)19/h5-6,12-13,16,18-19H,3-4,7-9H2,1-2H3/t12-,13-,16+/m0/s1. The van der Waals surface area contributed by atoms with E-state index in [2.05, 4.69) is 0 Å². The Balaban J connectivity index is 2.00. The minimum atomic E-state index is -0.353. The number of ether oxygens (including phenoxy) is 1. The van der Waals surface area contributed by atoms with E-state index in [-0.39, 0.29) is 24.0 Å². The monoisotopic (exact) mass is 298 g/mol. The second-order valence-corrected chi connectivity index (χ2v) is 6.33. The molecule has 20 heavy (non-hydrogen) atoms. The first-order valence-electron chi connectivity index (χ1n) is 7.17. The highest BCUT2D eigenvalue weighted by Gasteiger charge is 2.32. The average Bonchev–Trinajstić information content (AvgIpc) is 2.70. The summed E-state index contributed by atoms with van der Waals surface area (Å²) in [7, 11) is 0. The van der Waals surface area contributed by atoms with Crippen LogP contribution in [0, 0.1) is 19.8 Å². The molecule has 4 heteroatoms. The predicted molar refractivity (Wildman–Crippen MR) is 80.6 cm³/mol. The van der Waals surface area contributed by atoms with E-state index in [1.165, 1.54) is 5.56 Å². The molecule has 1 aliphatic rings. The first-order valence-corrected chi connectivity index (χ1v) is 7.60. The van der Waals surface area contributed by atoms with Gasteiger partial charge in [0.2, 0.25) is 0 Å². The first kappa shape index (κ1) is 15.6. The zero-order valence-electron chi connectivity index (χ0n) is 12.1. The summed E-state index contributed by atoms with van der Waals surface area (Å²) in [6, 6.07) is 4.00. The van der Waals surface area contributed by atoms with Crippen LogP contribution in [0.15, 0.2) is 12.1 Å². The van der Waals surface area contributed by atoms with Gasteiger partial charge in [-0.25, -0.2) is 0 Å². The third-order valence-electron chi connectivity index (χ3n) is 4.10. The molecule has 0 radical (unpaired) electrons. The van der Waals surface area contributed by atoms with Crippen molar-refractivity contribution >= 4 is 11.6 Å². The maximum atomic E-state index is 9.87. The van der Waals surface area contributed by atoms with Crippen LogP contribution in [0.4, 0.5) is 0 Å². The predicted octanol–water partition coefficient (Wildman–Crippen LogP) is 2.60. The van der Waals surface area contributed by atoms with Crippen LogP contribution >= 0.6 is 11.6 Å². The summed E-state index contributed by atoms with van der Waals surface area (Å²) in [5, 5.41) is 19.0. The second kappa shape index (κ2) is 6.79. The molecular formula is C16H23ClO3. The minimum absolute atomic E-state index is 0.0639. The van der Waals surface area contributed by atoms with Gasteiger partial charge in [-0.3, -0.25) is 0 Å². The van der Waals surface area contributed by atoms with Crippen LogP contribution in [0.1, 0.15) is 29.5 Å². The van der Waals surface area contributed by atoms with Crippen molar-refractivity contribution in [2.75, 3.05) is 13.2 Å². The smallest absolute Gasteiger partial charge is 0.119 e. The van der Waals surface area contributed by atoms with Gasteiger partial charge < -0.3 is 14.9 Å². The Morgan fingerprint density at radius 1 is 1.25 bits per heavy atom. The molecule has 2 N–H and O–H groups in total. The van der Waals surface area contributed by atoms with Crippen LogP contribution in [-0.4, -0.2) is 34.9 Å². The molecule has 0 unspecified atom stereocenters. The Hall–Kier alpha value is -0.770. The Morgan fingerprint density at radius 3 is 2.40 bits per heavy atom. The minimum Gasteiger partial charge on any atom is -0.493 e. The van der Waals surface area contributed by atoms with Crippen LogP contribution in [0.3, 0.4) is 0 Å². The highest BCUT2D eigenvalue weighted by molar-refractivity contribution is 6.20. The summed E-state index contributed by atoms with van der Waals surface area (Å²) in [5.74, 6) is 0.946. The third-order valence-corrected chi connectivity index (χ3v) is 4.45. The van der Waals surface area contributed by atoms with E-state index in [1.807, 2.05) is 26.0 Å². The van der Waals surface area contributed by atoms with Gasteiger partial charge in [0.25, 0.3) is 0 Å². The second-order valence-electron chi connectivity index (χ2n) is 5.72. The lowest BCUT2D eigenvalue weighted by Crippen LogP contribution is -2.20. The van der Waals surface area contributed by atoms with Crippen LogP contribution < -0.4 is 4.74 Å². The lowest BCUT2D eigenvalue weighted by Gasteiger charge is -2.17. The number of alkyl halides is 1. The van der Waals surface area contributed by atoms with Crippen molar-refractivity contribution in [2.45, 2.75) is 44.6 Å². The molecular weight excluding hydrogens is 276 g/mol. The number of benzene rings is 1. The van der Waals surface area contributed by atoms with Gasteiger partial charge in [0.15, 0.2) is 0 Å². The molecule has 3 atom stereocenters. The number of hydrogen-bond donors (Lipinski definition) is 2. The van der Waals surface area contributed by atoms with E-state index >= 15 is 0 Å². The van der Waals surface area contributed by atoms with Crippen molar-refractivity contribution in [1.29, 1.82) is 0 Å². The quantitative estimate of drug-likeness (QED) is 0.822. The topological polar surface area (TPSA) is 49.7 Å². The number of aliphatic hydroxyl groups is 2. The van der Waals surface area contributed by atoms with Crippen molar-refractivity contribution in [3.8, 4) is 5.75 Å². The molecule has 0 spiro atoms. The maximum absolute atomic E-state index is 9.87. The fourth-order valence-electron chi connectivity index (χ4n) is 2.96. The van der Waals surface area contributed by atoms with Crippen LogP contribution in [-0.2, 0) is 6.42 Å². The summed E-state index contributed by atoms with van der Waals surface area (Å²) >= 11 is 6.05. The molecule has 0 heterocycles. The lowest BCUT2D eigenvalue weighted by atomic mass is 10.00. The van der Waals surface area contributed by atoms with Crippen molar-refractivity contribution in [2.24, 2.45) is 5.92 Å². The molecule has 1 saturated carbocycles. The first-order chi connectivity index (χ1) is 9.51. The molecule has 112 valence electrons. The van der Waals surface area contributed by atoms with E-state index in [4.69, 9.17) is 21.4 Å². The maximum Gasteiger partial charge on any atom is 0.119 e. The largest absolute Gasteiger partial charge is 0.493 e. The lowest BCUT2D eigenvalue weighted by molar-refractivity contribution is 0.0985. The van der Waals surface area contributed by atoms with E-state index < -0.39 is 0 Å². The van der Waals surface area contributed by atoms with Gasteiger partial charge in [-0.05, 0) is 61.9 Å². The number of aliphatic hydroxyl groups excluding tert-OH is 2. The Kier molecular flexibility index (Phi) is 5.30. The number of hydrogen-bond acceptors (Lipinski definition) is 3. The molecule has 2 rings (SSSR count). The fourth-order valence-corrected chi connectivity index (χ4v) is 3.37. The zero-order chi connectivity index (χ0) is 14.7. The van der Waals surface area contributed by atoms with E-state index in [1.54, 1.807) is 0 Å². The highest BCUT2D eigenvalue weighted by Crippen LogP contribution is 2.31. The molecule has 0 amide bonds. The molecule has 1 aliphatic carbocycles. The normalized spacial score (nSPS) is 25.9. The van der Waals surface area contributed by atoms with Gasteiger partial charge in [0, 0.05) is 17.9 Å². The molecule has 1 aromatic rings. The molecule has 1 fully saturated rings. The van der Waals surface area contributed by atoms with Gasteiger partial charge in [0.1, 0.15) is 5.75 Å². The van der Waals surface area contributed by atoms with Gasteiger partial charge >= 0.3 is 0 Å². The Bertz CT molecular complexity index is 438. The number of halogens is 1. The van der Waals surface area contributed by atoms with E-state index in [0.717, 1.165) is 23.3 Å². The Morgan fingerprint density at radius 2 is 1.90 bits per heavy atom. The van der Waals surface area contributed by atoms with Gasteiger partial charge in [-0.15, -0.1) is 11.6 Å². The molecule has 0 aliphatic heterocycles. The summed E-state index contributed by atoms with van der Waals surface area (Å²) < 4.78 is 5.82. The molecule has 0 bridgehead atoms. The summed E-state index contributed by atoms with van der Waals surface area (Å²) in [6.45, 7) is 4.73. The van der Waals surface area contributed by atoms with Gasteiger partial charge in [0.05, 0.1) is 12.7 Å². The Labute approximate surface area is 125 Å². The summed E-state index contributed by atoms with van der Waals surface area (Å²) in [6.07, 6.45) is 1.79. The van der Waals surface area contributed by atoms with Gasteiger partial charge in [-0.2, -0.15) is 0 Å². The highest BCUT2D eigenvalue weighted by atomic mass is 35.5. The third kappa shape index (κ3) is 3.66. The fraction of sp³-hybridized carbons (Fsp3) is 0.625. The van der Waals surface area contributed by atoms with Crippen molar-refractivity contribution < 1.29 is 14.9 Å². The van der Waals surface area contributed by atoms with Gasteiger partial charge in [-0.1, -0.05) is 0 Å². The molecule has 0 saturated heterocycles. The number of aryl methyl sites for hydroxylation is 2. The van der Waals surface area contributed by atoms with Crippen LogP contribution in [0.25, 0.3) is 0 Å². The SMILES string of the molecule is Cc1cc(OC[C@@H]2C[C@H](Cl)C[C@H]2O)cc(C)c1CCO. The average molecular weight is 299 g/mol. The summed E-state index contributed by atoms with van der Waals surface area (Å²) in [4.78, 5) is 0. The van der Waals surface area contributed by atoms with E-state index in [0.29, 0.717) is 19.4 Å². The molecule has 0 aromatic heterocycles. The van der Waals surface area contributed by atoms with Crippen molar-refractivity contribution in [1.82, 2.24) is 0 Å². The zero-order valence-corrected chi connectivity index (χ0v) is 12.9. The van der Waals surface area contributed by atoms with Crippen LogP contribution in [0.5, 0.6) is 5.75 Å². The molecule has 1 aromatic carbocycles. The number of rotatable bonds is 5. The summed E-state index contributed by atoms with van der Waals surface area (Å²) in [5.41, 5.74) is 3.45. The molecule has 3 nitrogen and oxygen atoms in total. The van der Waals surface area contributed by atoms with E-state index in [9.17, 15) is 5.11 Å². The van der Waals surface area contributed by atoms with Crippen molar-refractivity contribution in [3.05, 3.63) is 28.8 Å². The van der Waals surface area contributed by atoms with Crippen molar-refractivity contribution in [3.63, 3.8) is 0 Å². The van der Waals surface area contributed by atoms with Crippen LogP contribution in [0.2, 0.25) is 0 Å².